The van der Waals surface area contributed by atoms with Crippen LogP contribution >= 0.6 is 0 Å². The van der Waals surface area contributed by atoms with Gasteiger partial charge in [-0.25, -0.2) is 4.98 Å². The van der Waals surface area contributed by atoms with Crippen molar-refractivity contribution in [3.63, 3.8) is 0 Å². The zero-order chi connectivity index (χ0) is 34.6. The van der Waals surface area contributed by atoms with Crippen LogP contribution in [0.25, 0.3) is 71.9 Å². The van der Waals surface area contributed by atoms with Gasteiger partial charge in [0.05, 0.1) is 16.7 Å². The molecule has 0 amide bonds. The summed E-state index contributed by atoms with van der Waals surface area (Å²) < 4.78 is 8.45. The summed E-state index contributed by atoms with van der Waals surface area (Å²) in [4.78, 5) is 7.19. The van der Waals surface area contributed by atoms with Crippen molar-refractivity contribution in [1.82, 2.24) is 9.55 Å². The molecule has 0 aliphatic rings. The van der Waals surface area contributed by atoms with E-state index < -0.39 is 0 Å². The lowest BCUT2D eigenvalue weighted by molar-refractivity contribution is 0.654. The number of aryl methyl sites for hydroxylation is 1. The molecule has 0 aliphatic heterocycles. The van der Waals surface area contributed by atoms with Crippen LogP contribution in [0.5, 0.6) is 0 Å². The fraction of sp³-hybridized carbons (Fsp3) is 0.0208. The lowest BCUT2D eigenvalue weighted by Gasteiger charge is -2.25. The van der Waals surface area contributed by atoms with Gasteiger partial charge in [-0.05, 0) is 102 Å². The van der Waals surface area contributed by atoms with Gasteiger partial charge in [0.25, 0.3) is 0 Å². The predicted octanol–water partition coefficient (Wildman–Crippen LogP) is 13.2. The lowest BCUT2D eigenvalue weighted by Crippen LogP contribution is -2.09. The summed E-state index contributed by atoms with van der Waals surface area (Å²) in [6.07, 6.45) is 0. The first-order chi connectivity index (χ1) is 25.7. The summed E-state index contributed by atoms with van der Waals surface area (Å²) in [6, 6.07) is 64.5. The smallest absolute Gasteiger partial charge is 0.227 e. The van der Waals surface area contributed by atoms with Gasteiger partial charge in [0.2, 0.25) is 5.71 Å². The number of pyridine rings is 1. The Morgan fingerprint density at radius 3 is 1.88 bits per heavy atom. The van der Waals surface area contributed by atoms with E-state index in [1.807, 2.05) is 18.2 Å². The van der Waals surface area contributed by atoms with Crippen LogP contribution in [0, 0.1) is 6.92 Å². The van der Waals surface area contributed by atoms with Crippen molar-refractivity contribution in [2.24, 2.45) is 0 Å². The summed E-state index contributed by atoms with van der Waals surface area (Å²) in [5, 5.41) is 4.58. The van der Waals surface area contributed by atoms with Crippen LogP contribution in [0.3, 0.4) is 0 Å². The molecular formula is C48H33N3O. The van der Waals surface area contributed by atoms with Gasteiger partial charge < -0.3 is 13.9 Å². The number of benzene rings is 7. The Labute approximate surface area is 301 Å². The molecule has 0 radical (unpaired) electrons. The molecule has 10 rings (SSSR count). The molecule has 0 bridgehead atoms. The molecule has 0 spiro atoms. The quantitative estimate of drug-likeness (QED) is 0.177. The monoisotopic (exact) mass is 667 g/mol. The second kappa shape index (κ2) is 12.1. The number of anilines is 3. The first-order valence-electron chi connectivity index (χ1n) is 17.6. The van der Waals surface area contributed by atoms with Gasteiger partial charge in [-0.15, -0.1) is 0 Å². The second-order valence-electron chi connectivity index (χ2n) is 13.3. The Balaban J connectivity index is 1.02. The number of para-hydroxylation sites is 4. The molecule has 4 nitrogen and oxygen atoms in total. The topological polar surface area (TPSA) is 34.2 Å². The molecule has 4 heteroatoms. The zero-order valence-corrected chi connectivity index (χ0v) is 28.6. The number of rotatable bonds is 6. The third-order valence-electron chi connectivity index (χ3n) is 10.1. The molecular weight excluding hydrogens is 635 g/mol. The number of hydrogen-bond acceptors (Lipinski definition) is 3. The molecule has 0 fully saturated rings. The van der Waals surface area contributed by atoms with E-state index in [1.54, 1.807) is 0 Å². The summed E-state index contributed by atoms with van der Waals surface area (Å²) in [5.41, 5.74) is 14.0. The van der Waals surface area contributed by atoms with Crippen molar-refractivity contribution in [1.29, 1.82) is 0 Å². The molecule has 7 aromatic carbocycles. The third-order valence-corrected chi connectivity index (χ3v) is 10.1. The highest BCUT2D eigenvalue weighted by Crippen LogP contribution is 2.40. The molecule has 0 atom stereocenters. The normalized spacial score (nSPS) is 11.6. The molecule has 0 saturated heterocycles. The maximum Gasteiger partial charge on any atom is 0.227 e. The number of aromatic nitrogens is 2. The fourth-order valence-electron chi connectivity index (χ4n) is 7.68. The molecule has 0 saturated carbocycles. The molecule has 3 heterocycles. The Kier molecular flexibility index (Phi) is 7.00. The van der Waals surface area contributed by atoms with E-state index in [4.69, 9.17) is 9.40 Å². The average molecular weight is 668 g/mol. The minimum absolute atomic E-state index is 0.667. The molecule has 0 unspecified atom stereocenters. The van der Waals surface area contributed by atoms with Crippen molar-refractivity contribution in [2.75, 3.05) is 4.90 Å². The van der Waals surface area contributed by atoms with Crippen molar-refractivity contribution in [2.45, 2.75) is 6.92 Å². The maximum atomic E-state index is 6.06. The molecule has 0 N–H and O–H groups in total. The number of hydrogen-bond donors (Lipinski definition) is 0. The van der Waals surface area contributed by atoms with Crippen LogP contribution in [0.15, 0.2) is 186 Å². The minimum Gasteiger partial charge on any atom is -0.438 e. The minimum atomic E-state index is 0.667. The number of furan rings is 1. The van der Waals surface area contributed by atoms with Gasteiger partial charge in [0.15, 0.2) is 0 Å². The van der Waals surface area contributed by atoms with Gasteiger partial charge in [-0.2, -0.15) is 0 Å². The maximum absolute atomic E-state index is 6.06. The molecule has 3 aromatic heterocycles. The largest absolute Gasteiger partial charge is 0.438 e. The van der Waals surface area contributed by atoms with E-state index in [0.29, 0.717) is 5.71 Å². The summed E-state index contributed by atoms with van der Waals surface area (Å²) in [5.74, 6) is 0. The Bertz CT molecular complexity index is 2870. The van der Waals surface area contributed by atoms with Gasteiger partial charge >= 0.3 is 0 Å². The lowest BCUT2D eigenvalue weighted by atomic mass is 9.98. The molecule has 52 heavy (non-hydrogen) atoms. The Hall–Kier alpha value is -6.91. The van der Waals surface area contributed by atoms with Crippen molar-refractivity contribution in [3.05, 3.63) is 188 Å². The third kappa shape index (κ3) is 4.96. The van der Waals surface area contributed by atoms with Crippen LogP contribution in [0.2, 0.25) is 0 Å². The highest BCUT2D eigenvalue weighted by atomic mass is 16.3. The van der Waals surface area contributed by atoms with Crippen LogP contribution in [-0.2, 0) is 0 Å². The second-order valence-corrected chi connectivity index (χ2v) is 13.3. The molecule has 246 valence electrons. The van der Waals surface area contributed by atoms with E-state index >= 15 is 0 Å². The van der Waals surface area contributed by atoms with Gasteiger partial charge in [0, 0.05) is 49.9 Å². The molecule has 0 aliphatic carbocycles. The average Bonchev–Trinajstić information content (AvgIpc) is 3.74. The highest BCUT2D eigenvalue weighted by Gasteiger charge is 2.18. The van der Waals surface area contributed by atoms with Crippen LogP contribution in [0.4, 0.5) is 17.1 Å². The number of nitrogens with zero attached hydrogens (tertiary/aromatic N) is 3. The van der Waals surface area contributed by atoms with E-state index in [0.717, 1.165) is 50.4 Å². The van der Waals surface area contributed by atoms with Crippen LogP contribution < -0.4 is 4.90 Å². The van der Waals surface area contributed by atoms with Crippen molar-refractivity contribution < 1.29 is 4.42 Å². The van der Waals surface area contributed by atoms with Crippen LogP contribution in [-0.4, -0.2) is 9.55 Å². The van der Waals surface area contributed by atoms with E-state index in [-0.39, 0.29) is 0 Å². The summed E-state index contributed by atoms with van der Waals surface area (Å²) in [7, 11) is 0. The fourth-order valence-corrected chi connectivity index (χ4v) is 7.68. The Morgan fingerprint density at radius 2 is 1.13 bits per heavy atom. The standard InChI is InChI=1S/C48H33N3O/c1-32-30-37(24-26-39(32)33-20-22-34(23-21-33)44-28-27-42-41-17-9-11-19-47(41)52-48(42)49-44)51-45-18-10-8-16-40(45)43-31-38(25-29-46(43)51)50(35-12-4-2-5-13-35)36-14-6-3-7-15-36/h2-31H,1H3. The predicted molar refractivity (Wildman–Crippen MR) is 216 cm³/mol. The molecule has 10 aromatic rings. The van der Waals surface area contributed by atoms with E-state index in [1.165, 1.54) is 38.5 Å². The SMILES string of the molecule is Cc1cc(-n2c3ccccc3c3cc(N(c4ccccc4)c4ccccc4)ccc32)ccc1-c1ccc(-c2ccc3c(n2)oc2ccccc23)cc1. The number of fused-ring (bicyclic) bond motifs is 6. The van der Waals surface area contributed by atoms with Crippen LogP contribution in [0.1, 0.15) is 5.56 Å². The summed E-state index contributed by atoms with van der Waals surface area (Å²) >= 11 is 0. The van der Waals surface area contributed by atoms with E-state index in [9.17, 15) is 0 Å². The summed E-state index contributed by atoms with van der Waals surface area (Å²) in [6.45, 7) is 2.20. The van der Waals surface area contributed by atoms with E-state index in [2.05, 4.69) is 180 Å². The highest BCUT2D eigenvalue weighted by molar-refractivity contribution is 6.11. The Morgan fingerprint density at radius 1 is 0.481 bits per heavy atom. The first kappa shape index (κ1) is 30.0. The van der Waals surface area contributed by atoms with Crippen molar-refractivity contribution in [3.8, 4) is 28.1 Å². The van der Waals surface area contributed by atoms with Gasteiger partial charge in [0.1, 0.15) is 5.58 Å². The van der Waals surface area contributed by atoms with Crippen molar-refractivity contribution >= 4 is 60.9 Å². The zero-order valence-electron chi connectivity index (χ0n) is 28.6. The van der Waals surface area contributed by atoms with Gasteiger partial charge in [-0.1, -0.05) is 103 Å². The van der Waals surface area contributed by atoms with Gasteiger partial charge in [-0.3, -0.25) is 0 Å². The first-order valence-corrected chi connectivity index (χ1v) is 17.6.